The molecule has 0 aliphatic heterocycles. The van der Waals surface area contributed by atoms with Crippen LogP contribution in [-0.4, -0.2) is 23.0 Å². The monoisotopic (exact) mass is 300 g/mol. The van der Waals surface area contributed by atoms with Crippen LogP contribution in [0.3, 0.4) is 0 Å². The molecule has 2 aromatic rings. The summed E-state index contributed by atoms with van der Waals surface area (Å²) in [5.41, 5.74) is 0.762. The predicted molar refractivity (Wildman–Crippen MR) is 71.2 cm³/mol. The van der Waals surface area contributed by atoms with Gasteiger partial charge in [-0.3, -0.25) is 4.98 Å². The molecule has 1 atom stereocenters. The van der Waals surface area contributed by atoms with Gasteiger partial charge in [0.15, 0.2) is 0 Å². The lowest BCUT2D eigenvalue weighted by Crippen LogP contribution is -2.27. The maximum Gasteiger partial charge on any atom is 0.261 e. The zero-order valence-electron chi connectivity index (χ0n) is 10.4. The normalized spacial score (nSPS) is 13.4. The van der Waals surface area contributed by atoms with Crippen LogP contribution in [0.4, 0.5) is 0 Å². The second-order valence-electron chi connectivity index (χ2n) is 4.08. The summed E-state index contributed by atoms with van der Waals surface area (Å²) in [6.07, 6.45) is 4.58. The first-order valence-electron chi connectivity index (χ1n) is 5.51. The molecule has 0 spiro atoms. The average Bonchev–Trinajstić information content (AvgIpc) is 2.71. The van der Waals surface area contributed by atoms with E-state index in [-0.39, 0.29) is 10.2 Å². The first kappa shape index (κ1) is 14.0. The van der Waals surface area contributed by atoms with Crippen molar-refractivity contribution in [3.63, 3.8) is 0 Å². The van der Waals surface area contributed by atoms with Gasteiger partial charge in [-0.1, -0.05) is 17.7 Å². The summed E-state index contributed by atoms with van der Waals surface area (Å²) in [6.45, 7) is 1.73. The molecule has 0 amide bonds. The van der Waals surface area contributed by atoms with Crippen molar-refractivity contribution in [2.75, 3.05) is 0 Å². The van der Waals surface area contributed by atoms with Crippen LogP contribution < -0.4 is 4.72 Å². The molecule has 8 heteroatoms. The SMILES string of the molecule is CC(NS(=O)(=O)c1ncn(C)c1Cl)c1cccnc1. The zero-order valence-corrected chi connectivity index (χ0v) is 12.0. The van der Waals surface area contributed by atoms with Gasteiger partial charge in [0.2, 0.25) is 5.03 Å². The van der Waals surface area contributed by atoms with E-state index in [4.69, 9.17) is 11.6 Å². The molecule has 2 heterocycles. The van der Waals surface area contributed by atoms with Crippen molar-refractivity contribution >= 4 is 21.6 Å². The molecule has 1 unspecified atom stereocenters. The molecule has 0 saturated carbocycles. The smallest absolute Gasteiger partial charge is 0.261 e. The Kier molecular flexibility index (Phi) is 3.88. The summed E-state index contributed by atoms with van der Waals surface area (Å²) < 4.78 is 28.3. The summed E-state index contributed by atoms with van der Waals surface area (Å²) in [5.74, 6) is 0. The van der Waals surface area contributed by atoms with Crippen LogP contribution in [-0.2, 0) is 17.1 Å². The molecule has 0 aliphatic rings. The Morgan fingerprint density at radius 2 is 2.21 bits per heavy atom. The topological polar surface area (TPSA) is 76.9 Å². The average molecular weight is 301 g/mol. The number of aromatic nitrogens is 3. The number of imidazole rings is 1. The molecule has 102 valence electrons. The Labute approximate surface area is 116 Å². The third kappa shape index (κ3) is 2.94. The molecular weight excluding hydrogens is 288 g/mol. The summed E-state index contributed by atoms with van der Waals surface area (Å²) >= 11 is 5.89. The third-order valence-electron chi connectivity index (χ3n) is 2.61. The number of hydrogen-bond donors (Lipinski definition) is 1. The van der Waals surface area contributed by atoms with Crippen LogP contribution in [0.1, 0.15) is 18.5 Å². The molecule has 0 bridgehead atoms. The first-order chi connectivity index (χ1) is 8.92. The lowest BCUT2D eigenvalue weighted by molar-refractivity contribution is 0.563. The highest BCUT2D eigenvalue weighted by atomic mass is 35.5. The maximum absolute atomic E-state index is 12.2. The van der Waals surface area contributed by atoms with Crippen molar-refractivity contribution in [3.8, 4) is 0 Å². The second kappa shape index (κ2) is 5.28. The van der Waals surface area contributed by atoms with Crippen LogP contribution in [0.2, 0.25) is 5.15 Å². The summed E-state index contributed by atoms with van der Waals surface area (Å²) in [6, 6.07) is 3.12. The predicted octanol–water partition coefficient (Wildman–Crippen LogP) is 1.51. The van der Waals surface area contributed by atoms with Crippen LogP contribution in [0.25, 0.3) is 0 Å². The number of halogens is 1. The quantitative estimate of drug-likeness (QED) is 0.928. The number of rotatable bonds is 4. The first-order valence-corrected chi connectivity index (χ1v) is 7.37. The largest absolute Gasteiger partial charge is 0.324 e. The van der Waals surface area contributed by atoms with Gasteiger partial charge in [-0.25, -0.2) is 18.1 Å². The second-order valence-corrected chi connectivity index (χ2v) is 6.07. The van der Waals surface area contributed by atoms with E-state index >= 15 is 0 Å². The van der Waals surface area contributed by atoms with Crippen molar-refractivity contribution in [1.29, 1.82) is 0 Å². The molecule has 0 aliphatic carbocycles. The minimum Gasteiger partial charge on any atom is -0.324 e. The minimum absolute atomic E-state index is 0.0749. The van der Waals surface area contributed by atoms with Gasteiger partial charge in [0, 0.05) is 25.5 Å². The summed E-state index contributed by atoms with van der Waals surface area (Å²) in [7, 11) is -2.14. The Morgan fingerprint density at radius 3 is 2.74 bits per heavy atom. The number of sulfonamides is 1. The Hall–Kier alpha value is -1.44. The van der Waals surface area contributed by atoms with Crippen LogP contribution in [0.15, 0.2) is 35.9 Å². The lowest BCUT2D eigenvalue weighted by Gasteiger charge is -2.13. The van der Waals surface area contributed by atoms with Gasteiger partial charge < -0.3 is 4.57 Å². The summed E-state index contributed by atoms with van der Waals surface area (Å²) in [5, 5.41) is -0.0988. The molecule has 2 aromatic heterocycles. The Bertz CT molecular complexity index is 669. The van der Waals surface area contributed by atoms with Gasteiger partial charge in [0.25, 0.3) is 10.0 Å². The number of pyridine rings is 1. The molecule has 1 N–H and O–H groups in total. The van der Waals surface area contributed by atoms with Crippen molar-refractivity contribution in [2.45, 2.75) is 18.0 Å². The molecule has 2 rings (SSSR count). The zero-order chi connectivity index (χ0) is 14.0. The fourth-order valence-electron chi connectivity index (χ4n) is 1.56. The van der Waals surface area contributed by atoms with E-state index in [1.807, 2.05) is 0 Å². The van der Waals surface area contributed by atoms with E-state index in [0.29, 0.717) is 0 Å². The van der Waals surface area contributed by atoms with Crippen molar-refractivity contribution < 1.29 is 8.42 Å². The van der Waals surface area contributed by atoms with Gasteiger partial charge in [0.05, 0.1) is 6.33 Å². The number of nitrogens with one attached hydrogen (secondary N) is 1. The van der Waals surface area contributed by atoms with Gasteiger partial charge in [-0.15, -0.1) is 0 Å². The fourth-order valence-corrected chi connectivity index (χ4v) is 3.22. The minimum atomic E-state index is -3.76. The van der Waals surface area contributed by atoms with Crippen LogP contribution >= 0.6 is 11.6 Å². The van der Waals surface area contributed by atoms with E-state index in [0.717, 1.165) is 5.56 Å². The van der Waals surface area contributed by atoms with E-state index in [9.17, 15) is 8.42 Å². The highest BCUT2D eigenvalue weighted by Crippen LogP contribution is 2.21. The molecule has 0 fully saturated rings. The van der Waals surface area contributed by atoms with Crippen molar-refractivity contribution in [3.05, 3.63) is 41.6 Å². The van der Waals surface area contributed by atoms with E-state index < -0.39 is 16.1 Å². The van der Waals surface area contributed by atoms with Crippen molar-refractivity contribution in [1.82, 2.24) is 19.3 Å². The molecule has 0 saturated heterocycles. The molecule has 19 heavy (non-hydrogen) atoms. The van der Waals surface area contributed by atoms with Crippen molar-refractivity contribution in [2.24, 2.45) is 7.05 Å². The van der Waals surface area contributed by atoms with Gasteiger partial charge >= 0.3 is 0 Å². The van der Waals surface area contributed by atoms with Crippen LogP contribution in [0.5, 0.6) is 0 Å². The highest BCUT2D eigenvalue weighted by Gasteiger charge is 2.24. The van der Waals surface area contributed by atoms with E-state index in [1.54, 1.807) is 38.5 Å². The number of nitrogens with zero attached hydrogens (tertiary/aromatic N) is 3. The van der Waals surface area contributed by atoms with Gasteiger partial charge in [-0.05, 0) is 18.6 Å². The Balaban J connectivity index is 2.25. The molecule has 6 nitrogen and oxygen atoms in total. The standard InChI is InChI=1S/C11H13ClN4O2S/c1-8(9-4-3-5-13-6-9)15-19(17,18)11-10(12)16(2)7-14-11/h3-8,15H,1-2H3. The highest BCUT2D eigenvalue weighted by molar-refractivity contribution is 7.89. The molecule has 0 radical (unpaired) electrons. The van der Waals surface area contributed by atoms with E-state index in [1.165, 1.54) is 10.9 Å². The number of aryl methyl sites for hydroxylation is 1. The molecular formula is C11H13ClN4O2S. The Morgan fingerprint density at radius 1 is 1.47 bits per heavy atom. The number of hydrogen-bond acceptors (Lipinski definition) is 4. The van der Waals surface area contributed by atoms with Gasteiger partial charge in [0.1, 0.15) is 5.15 Å². The van der Waals surface area contributed by atoms with Gasteiger partial charge in [-0.2, -0.15) is 0 Å². The maximum atomic E-state index is 12.2. The lowest BCUT2D eigenvalue weighted by atomic mass is 10.2. The van der Waals surface area contributed by atoms with E-state index in [2.05, 4.69) is 14.7 Å². The summed E-state index contributed by atoms with van der Waals surface area (Å²) in [4.78, 5) is 7.75. The third-order valence-corrected chi connectivity index (χ3v) is 4.63. The fraction of sp³-hybridized carbons (Fsp3) is 0.273. The van der Waals surface area contributed by atoms with Crippen LogP contribution in [0, 0.1) is 0 Å². The molecule has 0 aromatic carbocycles.